The van der Waals surface area contributed by atoms with Gasteiger partial charge in [-0.25, -0.2) is 9.37 Å². The first-order valence-electron chi connectivity index (χ1n) is 13.7. The molecule has 0 spiro atoms. The highest BCUT2D eigenvalue weighted by Gasteiger charge is 2.26. The molecular formula is C28H34FN7O4. The zero-order valence-electron chi connectivity index (χ0n) is 22.8. The number of carbonyl (C=O) groups is 3. The van der Waals surface area contributed by atoms with E-state index in [1.807, 2.05) is 29.7 Å². The minimum absolute atomic E-state index is 0.00375. The first-order valence-corrected chi connectivity index (χ1v) is 13.7. The normalized spacial score (nSPS) is 16.7. The summed E-state index contributed by atoms with van der Waals surface area (Å²) in [6.07, 6.45) is 2.44. The Morgan fingerprint density at radius 1 is 1.05 bits per heavy atom. The van der Waals surface area contributed by atoms with Crippen molar-refractivity contribution in [3.05, 3.63) is 48.0 Å². The van der Waals surface area contributed by atoms with E-state index in [2.05, 4.69) is 15.4 Å². The Labute approximate surface area is 231 Å². The average Bonchev–Trinajstić information content (AvgIpc) is 3.37. The molecule has 2 saturated heterocycles. The smallest absolute Gasteiger partial charge is 0.274 e. The van der Waals surface area contributed by atoms with Crippen molar-refractivity contribution in [3.8, 4) is 0 Å². The number of aromatic nitrogens is 3. The van der Waals surface area contributed by atoms with Crippen molar-refractivity contribution in [2.24, 2.45) is 5.92 Å². The number of pyridine rings is 1. The van der Waals surface area contributed by atoms with E-state index in [-0.39, 0.29) is 35.7 Å². The molecule has 0 bridgehead atoms. The molecule has 0 aliphatic carbocycles. The first-order chi connectivity index (χ1) is 19.3. The second kappa shape index (κ2) is 12.0. The molecule has 12 heteroatoms. The number of fused-ring (bicyclic) bond motifs is 1. The molecule has 1 unspecified atom stereocenters. The molecule has 1 N–H and O–H groups in total. The van der Waals surface area contributed by atoms with E-state index < -0.39 is 11.7 Å². The molecule has 0 saturated carbocycles. The number of hydrogen-bond acceptors (Lipinski definition) is 7. The number of piperazine rings is 1. The highest BCUT2D eigenvalue weighted by molar-refractivity contribution is 6.04. The Hall–Kier alpha value is -4.06. The lowest BCUT2D eigenvalue weighted by atomic mass is 10.1. The summed E-state index contributed by atoms with van der Waals surface area (Å²) in [4.78, 5) is 48.2. The number of carbonyl (C=O) groups excluding carboxylic acids is 3. The second-order valence-electron chi connectivity index (χ2n) is 10.2. The van der Waals surface area contributed by atoms with E-state index in [4.69, 9.17) is 4.74 Å². The molecule has 11 nitrogen and oxygen atoms in total. The van der Waals surface area contributed by atoms with Gasteiger partial charge in [0.15, 0.2) is 0 Å². The minimum atomic E-state index is -0.635. The van der Waals surface area contributed by atoms with Crippen LogP contribution in [0.25, 0.3) is 10.9 Å². The highest BCUT2D eigenvalue weighted by atomic mass is 19.1. The van der Waals surface area contributed by atoms with Crippen LogP contribution in [-0.2, 0) is 20.9 Å². The summed E-state index contributed by atoms with van der Waals surface area (Å²) in [5.41, 5.74) is 0.555. The number of nitrogens with one attached hydrogen (secondary N) is 1. The van der Waals surface area contributed by atoms with E-state index in [1.165, 1.54) is 16.8 Å². The number of anilines is 2. The predicted molar refractivity (Wildman–Crippen MR) is 148 cm³/mol. The Bertz CT molecular complexity index is 1400. The number of halogens is 1. The van der Waals surface area contributed by atoms with Gasteiger partial charge in [-0.15, -0.1) is 0 Å². The van der Waals surface area contributed by atoms with Crippen molar-refractivity contribution >= 4 is 40.1 Å². The van der Waals surface area contributed by atoms with Gasteiger partial charge in [0.05, 0.1) is 24.4 Å². The van der Waals surface area contributed by atoms with Gasteiger partial charge in [-0.2, -0.15) is 5.10 Å². The number of hydrogen-bond donors (Lipinski definition) is 1. The van der Waals surface area contributed by atoms with Gasteiger partial charge in [-0.05, 0) is 24.6 Å². The number of amides is 3. The van der Waals surface area contributed by atoms with Gasteiger partial charge in [0.2, 0.25) is 11.8 Å². The fourth-order valence-electron chi connectivity index (χ4n) is 4.88. The molecule has 2 aliphatic rings. The molecular weight excluding hydrogens is 517 g/mol. The van der Waals surface area contributed by atoms with Crippen LogP contribution in [0.5, 0.6) is 0 Å². The van der Waals surface area contributed by atoms with Gasteiger partial charge in [-0.1, -0.05) is 19.9 Å². The molecule has 40 heavy (non-hydrogen) atoms. The zero-order chi connectivity index (χ0) is 28.2. The van der Waals surface area contributed by atoms with Crippen molar-refractivity contribution in [3.63, 3.8) is 0 Å². The van der Waals surface area contributed by atoms with E-state index in [0.717, 1.165) is 6.42 Å². The minimum Gasteiger partial charge on any atom is -0.378 e. The molecule has 212 valence electrons. The summed E-state index contributed by atoms with van der Waals surface area (Å²) in [5, 5.41) is 7.55. The summed E-state index contributed by atoms with van der Waals surface area (Å²) in [6, 6.07) is 7.90. The van der Waals surface area contributed by atoms with Crippen LogP contribution >= 0.6 is 0 Å². The molecule has 5 rings (SSSR count). The van der Waals surface area contributed by atoms with Gasteiger partial charge < -0.3 is 24.8 Å². The highest BCUT2D eigenvalue weighted by Crippen LogP contribution is 2.23. The van der Waals surface area contributed by atoms with Crippen molar-refractivity contribution in [1.29, 1.82) is 0 Å². The third-order valence-electron chi connectivity index (χ3n) is 7.47. The SMILES string of the molecule is CCC(C)C(=O)N1CCN(C(=O)Cn2cc3cc(NC(=O)c4cccc(N5CCOCC5)n4)c(F)cc3n2)CC1. The van der Waals surface area contributed by atoms with Crippen LogP contribution < -0.4 is 10.2 Å². The van der Waals surface area contributed by atoms with E-state index in [9.17, 15) is 18.8 Å². The molecule has 2 fully saturated rings. The van der Waals surface area contributed by atoms with E-state index >= 15 is 0 Å². The molecule has 0 radical (unpaired) electrons. The number of morpholine rings is 1. The number of benzene rings is 1. The first kappa shape index (κ1) is 27.5. The van der Waals surface area contributed by atoms with Crippen molar-refractivity contribution in [2.75, 3.05) is 62.7 Å². The lowest BCUT2D eigenvalue weighted by molar-refractivity contribution is -0.142. The fourth-order valence-corrected chi connectivity index (χ4v) is 4.88. The maximum Gasteiger partial charge on any atom is 0.274 e. The summed E-state index contributed by atoms with van der Waals surface area (Å²) in [7, 11) is 0. The Balaban J connectivity index is 1.22. The average molecular weight is 552 g/mol. The van der Waals surface area contributed by atoms with Crippen LogP contribution in [-0.4, -0.2) is 94.8 Å². The van der Waals surface area contributed by atoms with Gasteiger partial charge >= 0.3 is 0 Å². The van der Waals surface area contributed by atoms with E-state index in [0.29, 0.717) is 69.2 Å². The molecule has 4 heterocycles. The summed E-state index contributed by atoms with van der Waals surface area (Å²) in [5.74, 6) is -0.514. The Kier molecular flexibility index (Phi) is 8.24. The van der Waals surface area contributed by atoms with Crippen molar-refractivity contribution in [2.45, 2.75) is 26.8 Å². The van der Waals surface area contributed by atoms with Crippen LogP contribution in [0.4, 0.5) is 15.9 Å². The second-order valence-corrected chi connectivity index (χ2v) is 10.2. The van der Waals surface area contributed by atoms with E-state index in [1.54, 1.807) is 23.2 Å². The van der Waals surface area contributed by atoms with Crippen LogP contribution in [0.15, 0.2) is 36.5 Å². The molecule has 1 atom stereocenters. The lowest BCUT2D eigenvalue weighted by Gasteiger charge is -2.35. The third kappa shape index (κ3) is 6.06. The Morgan fingerprint density at radius 3 is 2.50 bits per heavy atom. The topological polar surface area (TPSA) is 113 Å². The fraction of sp³-hybridized carbons (Fsp3) is 0.464. The molecule has 1 aromatic carbocycles. The zero-order valence-corrected chi connectivity index (χ0v) is 22.8. The van der Waals surface area contributed by atoms with Crippen LogP contribution in [0.1, 0.15) is 30.8 Å². The number of nitrogens with zero attached hydrogens (tertiary/aromatic N) is 6. The quantitative estimate of drug-likeness (QED) is 0.480. The van der Waals surface area contributed by atoms with Crippen LogP contribution in [0.2, 0.25) is 0 Å². The van der Waals surface area contributed by atoms with Crippen molar-refractivity contribution in [1.82, 2.24) is 24.6 Å². The van der Waals surface area contributed by atoms with Gasteiger partial charge in [0.1, 0.15) is 23.9 Å². The van der Waals surface area contributed by atoms with Gasteiger partial charge in [0.25, 0.3) is 5.91 Å². The lowest BCUT2D eigenvalue weighted by Crippen LogP contribution is -2.52. The van der Waals surface area contributed by atoms with Gasteiger partial charge in [0, 0.05) is 62.8 Å². The monoisotopic (exact) mass is 551 g/mol. The number of rotatable bonds is 7. The maximum absolute atomic E-state index is 14.9. The third-order valence-corrected chi connectivity index (χ3v) is 7.47. The Morgan fingerprint density at radius 2 is 1.77 bits per heavy atom. The molecule has 3 amide bonds. The molecule has 2 aliphatic heterocycles. The van der Waals surface area contributed by atoms with Gasteiger partial charge in [-0.3, -0.25) is 19.1 Å². The molecule has 3 aromatic rings. The largest absolute Gasteiger partial charge is 0.378 e. The standard InChI is InChI=1S/C28H34FN7O4/c1-3-19(2)28(39)35-9-7-34(8-10-35)26(37)18-36-17-20-15-24(21(29)16-23(20)32-36)31-27(38)22-5-4-6-25(30-22)33-11-13-40-14-12-33/h4-6,15-17,19H,3,7-14,18H2,1-2H3,(H,31,38). The van der Waals surface area contributed by atoms with Crippen LogP contribution in [0, 0.1) is 11.7 Å². The summed E-state index contributed by atoms with van der Waals surface area (Å²) in [6.45, 7) is 8.41. The summed E-state index contributed by atoms with van der Waals surface area (Å²) < 4.78 is 21.7. The number of ether oxygens (including phenoxy) is 1. The molecule has 2 aromatic heterocycles. The van der Waals surface area contributed by atoms with Crippen molar-refractivity contribution < 1.29 is 23.5 Å². The summed E-state index contributed by atoms with van der Waals surface area (Å²) >= 11 is 0. The predicted octanol–water partition coefficient (Wildman–Crippen LogP) is 2.38. The maximum atomic E-state index is 14.9. The van der Waals surface area contributed by atoms with Crippen LogP contribution in [0.3, 0.4) is 0 Å².